The van der Waals surface area contributed by atoms with E-state index in [1.165, 1.54) is 11.3 Å². The molecule has 3 N–H and O–H groups in total. The fraction of sp³-hybridized carbons (Fsp3) is 0.375. The molecule has 0 unspecified atom stereocenters. The van der Waals surface area contributed by atoms with Gasteiger partial charge in [-0.25, -0.2) is 4.98 Å². The molecule has 0 bridgehead atoms. The lowest BCUT2D eigenvalue weighted by molar-refractivity contribution is -0.779. The van der Waals surface area contributed by atoms with Crippen LogP contribution in [0.3, 0.4) is 0 Å². The highest BCUT2D eigenvalue weighted by Crippen LogP contribution is 2.33. The van der Waals surface area contributed by atoms with Gasteiger partial charge in [0, 0.05) is 11.1 Å². The molecule has 3 rings (SSSR count). The largest absolute Gasteiger partial charge is 0.397 e. The van der Waals surface area contributed by atoms with E-state index in [1.54, 1.807) is 10.9 Å². The van der Waals surface area contributed by atoms with Crippen molar-refractivity contribution in [2.24, 2.45) is 0 Å². The zero-order valence-corrected chi connectivity index (χ0v) is 14.7. The number of thiophene rings is 1. The molecule has 1 amide bonds. The minimum absolute atomic E-state index is 0.148. The van der Waals surface area contributed by atoms with Gasteiger partial charge in [0.05, 0.1) is 5.69 Å². The van der Waals surface area contributed by atoms with Crippen LogP contribution in [0.1, 0.15) is 48.6 Å². The third kappa shape index (κ3) is 3.09. The Labute approximate surface area is 143 Å². The Hall–Kier alpha value is -2.48. The van der Waals surface area contributed by atoms with Crippen molar-refractivity contribution in [2.75, 3.05) is 11.1 Å². The summed E-state index contributed by atoms with van der Waals surface area (Å²) >= 11 is 1.29. The molecule has 0 aliphatic heterocycles. The Morgan fingerprint density at radius 2 is 2.25 bits per heavy atom. The van der Waals surface area contributed by atoms with Crippen molar-refractivity contribution in [1.29, 1.82) is 0 Å². The summed E-state index contributed by atoms with van der Waals surface area (Å²) in [4.78, 5) is 18.3. The normalized spacial score (nSPS) is 11.3. The summed E-state index contributed by atoms with van der Waals surface area (Å²) < 4.78 is 6.74. The Kier molecular flexibility index (Phi) is 4.48. The number of nitrogens with two attached hydrogens (primary N) is 1. The monoisotopic (exact) mass is 346 g/mol. The van der Waals surface area contributed by atoms with Crippen molar-refractivity contribution in [3.63, 3.8) is 0 Å². The van der Waals surface area contributed by atoms with E-state index in [-0.39, 0.29) is 17.8 Å². The molecule has 0 saturated heterocycles. The Balaban J connectivity index is 1.87. The van der Waals surface area contributed by atoms with Gasteiger partial charge in [-0.1, -0.05) is 13.3 Å². The van der Waals surface area contributed by atoms with Crippen LogP contribution >= 0.6 is 11.3 Å². The first-order chi connectivity index (χ1) is 11.5. The summed E-state index contributed by atoms with van der Waals surface area (Å²) in [7, 11) is 0. The van der Waals surface area contributed by atoms with Crippen LogP contribution in [0.15, 0.2) is 22.9 Å². The quantitative estimate of drug-likeness (QED) is 0.692. The van der Waals surface area contributed by atoms with E-state index in [9.17, 15) is 4.79 Å². The number of aryl methyl sites for hydroxylation is 1. The maximum absolute atomic E-state index is 12.5. The van der Waals surface area contributed by atoms with Gasteiger partial charge in [0.15, 0.2) is 6.04 Å². The zero-order valence-electron chi connectivity index (χ0n) is 13.9. The highest BCUT2D eigenvalue weighted by Gasteiger charge is 2.21. The Morgan fingerprint density at radius 3 is 2.92 bits per heavy atom. The highest BCUT2D eigenvalue weighted by molar-refractivity contribution is 7.21. The first kappa shape index (κ1) is 16.4. The molecule has 7 nitrogen and oxygen atoms in total. The molecule has 24 heavy (non-hydrogen) atoms. The summed E-state index contributed by atoms with van der Waals surface area (Å²) in [5.41, 5.74) is 7.58. The highest BCUT2D eigenvalue weighted by atomic mass is 32.1. The number of rotatable bonds is 5. The molecule has 0 fully saturated rings. The van der Waals surface area contributed by atoms with E-state index in [0.29, 0.717) is 10.6 Å². The summed E-state index contributed by atoms with van der Waals surface area (Å²) in [6, 6.07) is 4.03. The molecule has 0 aromatic carbocycles. The van der Waals surface area contributed by atoms with E-state index >= 15 is 0 Å². The van der Waals surface area contributed by atoms with Crippen LogP contribution < -0.4 is 15.7 Å². The average molecular weight is 346 g/mol. The van der Waals surface area contributed by atoms with Crippen LogP contribution in [-0.2, 0) is 6.42 Å². The van der Waals surface area contributed by atoms with E-state index < -0.39 is 0 Å². The molecule has 126 valence electrons. The second-order valence-corrected chi connectivity index (χ2v) is 6.84. The van der Waals surface area contributed by atoms with Crippen LogP contribution in [0.25, 0.3) is 10.2 Å². The van der Waals surface area contributed by atoms with Crippen LogP contribution in [0.4, 0.5) is 11.6 Å². The molecule has 0 aliphatic rings. The fourth-order valence-electron chi connectivity index (χ4n) is 2.33. The second kappa shape index (κ2) is 6.56. The molecule has 0 atom stereocenters. The number of carbonyl (C=O) groups excluding carboxylic acids is 1. The van der Waals surface area contributed by atoms with Gasteiger partial charge < -0.3 is 5.73 Å². The molecular formula is C16H20N5O2S+. The van der Waals surface area contributed by atoms with Gasteiger partial charge in [0.1, 0.15) is 9.71 Å². The number of nitrogen functional groups attached to an aromatic ring is 1. The lowest BCUT2D eigenvalue weighted by atomic mass is 10.2. The van der Waals surface area contributed by atoms with Crippen molar-refractivity contribution in [1.82, 2.24) is 10.3 Å². The van der Waals surface area contributed by atoms with Crippen molar-refractivity contribution < 1.29 is 14.0 Å². The summed E-state index contributed by atoms with van der Waals surface area (Å²) in [6.07, 6.45) is 3.57. The first-order valence-corrected chi connectivity index (χ1v) is 8.68. The van der Waals surface area contributed by atoms with E-state index in [4.69, 9.17) is 10.3 Å². The number of hydrogen-bond donors (Lipinski definition) is 2. The number of pyridine rings is 1. The zero-order chi connectivity index (χ0) is 17.3. The Bertz CT molecular complexity index is 884. The van der Waals surface area contributed by atoms with Gasteiger partial charge in [0.2, 0.25) is 5.27 Å². The van der Waals surface area contributed by atoms with Crippen LogP contribution in [0.5, 0.6) is 0 Å². The molecule has 3 aromatic heterocycles. The van der Waals surface area contributed by atoms with Crippen molar-refractivity contribution in [3.8, 4) is 0 Å². The number of aromatic nitrogens is 3. The number of carbonyl (C=O) groups is 1. The standard InChI is InChI=1S/C16H19N5O2S/c1-4-5-10-6-7-11-13(17)14(24-16(11)18-10)15(22)19-12-8-21(9(2)3)20-23-12/h6-9H,4-5H2,1-3H3,(H2-,17,19,20,22)/p+1. The number of fused-ring (bicyclic) bond motifs is 1. The van der Waals surface area contributed by atoms with Crippen molar-refractivity contribution >= 4 is 39.0 Å². The van der Waals surface area contributed by atoms with E-state index in [1.807, 2.05) is 26.0 Å². The summed E-state index contributed by atoms with van der Waals surface area (Å²) in [5.74, 6) is -0.0372. The predicted octanol–water partition coefficient (Wildman–Crippen LogP) is 2.94. The van der Waals surface area contributed by atoms with Gasteiger partial charge in [-0.15, -0.1) is 11.3 Å². The SMILES string of the molecule is CCCc1ccc2c(N)c(C(=O)Nc3c[n+](C(C)C)no3)sc2n1. The number of amides is 1. The minimum Gasteiger partial charge on any atom is -0.397 e. The van der Waals surface area contributed by atoms with E-state index in [2.05, 4.69) is 22.5 Å². The van der Waals surface area contributed by atoms with Crippen molar-refractivity contribution in [3.05, 3.63) is 28.9 Å². The van der Waals surface area contributed by atoms with Gasteiger partial charge in [0.25, 0.3) is 12.1 Å². The number of hydrogen-bond acceptors (Lipinski definition) is 6. The number of anilines is 2. The van der Waals surface area contributed by atoms with Gasteiger partial charge in [-0.05, 0) is 37.1 Å². The third-order valence-electron chi connectivity index (χ3n) is 3.61. The van der Waals surface area contributed by atoms with Crippen molar-refractivity contribution in [2.45, 2.75) is 39.7 Å². The van der Waals surface area contributed by atoms with Crippen LogP contribution in [0.2, 0.25) is 0 Å². The maximum atomic E-state index is 12.5. The molecule has 8 heteroatoms. The van der Waals surface area contributed by atoms with Gasteiger partial charge in [-0.3, -0.25) is 14.6 Å². The van der Waals surface area contributed by atoms with E-state index in [0.717, 1.165) is 28.8 Å². The lowest BCUT2D eigenvalue weighted by Crippen LogP contribution is -2.36. The molecular weight excluding hydrogens is 326 g/mol. The third-order valence-corrected chi connectivity index (χ3v) is 4.73. The smallest absolute Gasteiger partial charge is 0.302 e. The summed E-state index contributed by atoms with van der Waals surface area (Å²) in [5, 5.41) is 7.34. The molecule has 3 heterocycles. The van der Waals surface area contributed by atoms with Crippen LogP contribution in [-0.4, -0.2) is 16.2 Å². The Morgan fingerprint density at radius 1 is 1.46 bits per heavy atom. The molecule has 0 saturated carbocycles. The second-order valence-electron chi connectivity index (χ2n) is 5.84. The van der Waals surface area contributed by atoms with Gasteiger partial charge >= 0.3 is 5.88 Å². The predicted molar refractivity (Wildman–Crippen MR) is 93.1 cm³/mol. The topological polar surface area (TPSA) is 97.9 Å². The van der Waals surface area contributed by atoms with Gasteiger partial charge in [-0.2, -0.15) is 0 Å². The summed E-state index contributed by atoms with van der Waals surface area (Å²) in [6.45, 7) is 6.05. The molecule has 3 aromatic rings. The molecule has 0 aliphatic carbocycles. The van der Waals surface area contributed by atoms with Crippen LogP contribution in [0, 0.1) is 0 Å². The number of nitrogens with one attached hydrogen (secondary N) is 1. The lowest BCUT2D eigenvalue weighted by Gasteiger charge is -1.98. The number of nitrogens with zero attached hydrogens (tertiary/aromatic N) is 3. The molecule has 0 radical (unpaired) electrons. The fourth-order valence-corrected chi connectivity index (χ4v) is 3.33. The minimum atomic E-state index is -0.320. The maximum Gasteiger partial charge on any atom is 0.302 e. The molecule has 0 spiro atoms. The average Bonchev–Trinajstić information content (AvgIpc) is 3.13. The first-order valence-electron chi connectivity index (χ1n) is 7.87.